The normalized spacial score (nSPS) is 9.31. The van der Waals surface area contributed by atoms with Crippen LogP contribution in [0.15, 0.2) is 30.3 Å². The lowest BCUT2D eigenvalue weighted by molar-refractivity contribution is -0.0372. The second kappa shape index (κ2) is 7.77. The van der Waals surface area contributed by atoms with Crippen LogP contribution in [0.3, 0.4) is 0 Å². The molecule has 0 amide bonds. The van der Waals surface area contributed by atoms with Gasteiger partial charge in [-0.3, -0.25) is 0 Å². The zero-order valence-electron chi connectivity index (χ0n) is 8.70. The van der Waals surface area contributed by atoms with E-state index in [0.717, 1.165) is 5.06 Å². The Kier molecular flexibility index (Phi) is 7.26. The first-order valence-electron chi connectivity index (χ1n) is 4.57. The van der Waals surface area contributed by atoms with E-state index in [2.05, 4.69) is 37.3 Å². The molecule has 0 radical (unpaired) electrons. The number of benzene rings is 1. The van der Waals surface area contributed by atoms with Crippen molar-refractivity contribution in [2.24, 2.45) is 0 Å². The number of nitrogens with zero attached hydrogens (tertiary/aromatic N) is 1. The molecule has 0 spiro atoms. The largest absolute Gasteiger partial charge is 0.315 e. The monoisotopic (exact) mass is 181 g/mol. The molecule has 13 heavy (non-hydrogen) atoms. The van der Waals surface area contributed by atoms with Gasteiger partial charge in [-0.1, -0.05) is 43.7 Å². The zero-order chi connectivity index (χ0) is 10.1. The average molecular weight is 181 g/mol. The van der Waals surface area contributed by atoms with Gasteiger partial charge in [-0.05, 0) is 12.0 Å². The van der Waals surface area contributed by atoms with Gasteiger partial charge in [0.15, 0.2) is 0 Å². The van der Waals surface area contributed by atoms with Crippen LogP contribution in [0.1, 0.15) is 18.9 Å². The first-order valence-corrected chi connectivity index (χ1v) is 4.57. The third kappa shape index (κ3) is 9.05. The predicted octanol–water partition coefficient (Wildman–Crippen LogP) is 2.58. The first kappa shape index (κ1) is 12.1. The highest BCUT2D eigenvalue weighted by Crippen LogP contribution is 2.00. The number of hydroxylamine groups is 2. The summed E-state index contributed by atoms with van der Waals surface area (Å²) in [5.41, 5.74) is 1.44. The summed E-state index contributed by atoms with van der Waals surface area (Å²) in [5, 5.41) is 8.89. The van der Waals surface area contributed by atoms with Crippen LogP contribution < -0.4 is 0 Å². The second-order valence-electron chi connectivity index (χ2n) is 3.08. The molecule has 2 heteroatoms. The Morgan fingerprint density at radius 3 is 2.00 bits per heavy atom. The van der Waals surface area contributed by atoms with Crippen LogP contribution in [0.5, 0.6) is 0 Å². The van der Waals surface area contributed by atoms with E-state index in [-0.39, 0.29) is 0 Å². The van der Waals surface area contributed by atoms with E-state index in [1.54, 1.807) is 14.1 Å². The molecule has 0 saturated carbocycles. The molecule has 1 aromatic rings. The van der Waals surface area contributed by atoms with Crippen molar-refractivity contribution in [1.29, 1.82) is 0 Å². The molecule has 0 fully saturated rings. The van der Waals surface area contributed by atoms with Gasteiger partial charge in [-0.2, -0.15) is 5.06 Å². The van der Waals surface area contributed by atoms with Crippen molar-refractivity contribution < 1.29 is 5.21 Å². The van der Waals surface area contributed by atoms with Gasteiger partial charge in [-0.15, -0.1) is 0 Å². The molecule has 1 aromatic carbocycles. The summed E-state index contributed by atoms with van der Waals surface area (Å²) < 4.78 is 0. The van der Waals surface area contributed by atoms with Crippen LogP contribution in [0.4, 0.5) is 0 Å². The van der Waals surface area contributed by atoms with Gasteiger partial charge in [0, 0.05) is 14.1 Å². The molecule has 0 aliphatic carbocycles. The fraction of sp³-hybridized carbons (Fsp3) is 0.455. The summed E-state index contributed by atoms with van der Waals surface area (Å²) >= 11 is 0. The SMILES string of the molecule is CCCc1ccccc1.CN(C)O. The third-order valence-corrected chi connectivity index (χ3v) is 1.38. The van der Waals surface area contributed by atoms with Crippen LogP contribution in [-0.4, -0.2) is 24.4 Å². The Morgan fingerprint density at radius 1 is 1.15 bits per heavy atom. The maximum absolute atomic E-state index is 7.89. The molecule has 0 aromatic heterocycles. The standard InChI is InChI=1S/C9H12.C2H7NO/c1-2-6-9-7-4-3-5-8-9;1-3(2)4/h3-5,7-8H,2,6H2,1H3;4H,1-2H3. The predicted molar refractivity (Wildman–Crippen MR) is 55.9 cm³/mol. The quantitative estimate of drug-likeness (QED) is 0.709. The van der Waals surface area contributed by atoms with Gasteiger partial charge in [0.05, 0.1) is 0 Å². The number of hydrogen-bond acceptors (Lipinski definition) is 2. The summed E-state index contributed by atoms with van der Waals surface area (Å²) in [6.07, 6.45) is 2.45. The summed E-state index contributed by atoms with van der Waals surface area (Å²) in [4.78, 5) is 0. The summed E-state index contributed by atoms with van der Waals surface area (Å²) in [5.74, 6) is 0. The molecule has 0 saturated heterocycles. The lowest BCUT2D eigenvalue weighted by Crippen LogP contribution is -2.01. The van der Waals surface area contributed by atoms with E-state index in [0.29, 0.717) is 0 Å². The summed E-state index contributed by atoms with van der Waals surface area (Å²) in [6, 6.07) is 10.6. The number of rotatable bonds is 2. The van der Waals surface area contributed by atoms with Crippen LogP contribution in [0.2, 0.25) is 0 Å². The van der Waals surface area contributed by atoms with Crippen molar-refractivity contribution in [2.75, 3.05) is 14.1 Å². The topological polar surface area (TPSA) is 23.5 Å². The van der Waals surface area contributed by atoms with Gasteiger partial charge in [0.1, 0.15) is 0 Å². The van der Waals surface area contributed by atoms with Crippen LogP contribution in [0, 0.1) is 0 Å². The Morgan fingerprint density at radius 2 is 1.62 bits per heavy atom. The average Bonchev–Trinajstić information content (AvgIpc) is 2.06. The molecular formula is C11H19NO. The summed E-state index contributed by atoms with van der Waals surface area (Å²) in [6.45, 7) is 2.20. The van der Waals surface area contributed by atoms with Crippen LogP contribution >= 0.6 is 0 Å². The minimum absolute atomic E-state index is 1.00. The Hall–Kier alpha value is -0.860. The number of aryl methyl sites for hydroxylation is 1. The molecule has 1 N–H and O–H groups in total. The molecule has 1 rings (SSSR count). The van der Waals surface area contributed by atoms with E-state index in [1.807, 2.05) is 0 Å². The van der Waals surface area contributed by atoms with Crippen molar-refractivity contribution in [2.45, 2.75) is 19.8 Å². The van der Waals surface area contributed by atoms with Crippen molar-refractivity contribution in [3.05, 3.63) is 35.9 Å². The fourth-order valence-electron chi connectivity index (χ4n) is 0.933. The van der Waals surface area contributed by atoms with Crippen molar-refractivity contribution in [3.8, 4) is 0 Å². The first-order chi connectivity index (χ1) is 6.16. The van der Waals surface area contributed by atoms with Crippen molar-refractivity contribution in [3.63, 3.8) is 0 Å². The van der Waals surface area contributed by atoms with Gasteiger partial charge in [-0.25, -0.2) is 0 Å². The van der Waals surface area contributed by atoms with E-state index in [4.69, 9.17) is 5.21 Å². The molecule has 0 heterocycles. The lowest BCUT2D eigenvalue weighted by Gasteiger charge is -1.93. The number of hydrogen-bond donors (Lipinski definition) is 1. The molecular weight excluding hydrogens is 162 g/mol. The van der Waals surface area contributed by atoms with E-state index in [1.165, 1.54) is 18.4 Å². The van der Waals surface area contributed by atoms with Gasteiger partial charge in [0.2, 0.25) is 0 Å². The molecule has 0 atom stereocenters. The highest BCUT2D eigenvalue weighted by atomic mass is 16.5. The molecule has 0 bridgehead atoms. The maximum atomic E-state index is 7.89. The van der Waals surface area contributed by atoms with Crippen LogP contribution in [-0.2, 0) is 6.42 Å². The lowest BCUT2D eigenvalue weighted by atomic mass is 10.1. The minimum atomic E-state index is 1.00. The molecule has 74 valence electrons. The fourth-order valence-corrected chi connectivity index (χ4v) is 0.933. The molecule has 0 aliphatic rings. The third-order valence-electron chi connectivity index (χ3n) is 1.38. The Labute approximate surface area is 80.8 Å². The van der Waals surface area contributed by atoms with Gasteiger partial charge >= 0.3 is 0 Å². The minimum Gasteiger partial charge on any atom is -0.315 e. The maximum Gasteiger partial charge on any atom is 0.0121 e. The Balaban J connectivity index is 0.000000310. The summed E-state index contributed by atoms with van der Waals surface area (Å²) in [7, 11) is 3.11. The van der Waals surface area contributed by atoms with E-state index in [9.17, 15) is 0 Å². The van der Waals surface area contributed by atoms with Gasteiger partial charge < -0.3 is 5.21 Å². The van der Waals surface area contributed by atoms with Crippen molar-refractivity contribution in [1.82, 2.24) is 5.06 Å². The van der Waals surface area contributed by atoms with E-state index >= 15 is 0 Å². The molecule has 0 aliphatic heterocycles. The van der Waals surface area contributed by atoms with Gasteiger partial charge in [0.25, 0.3) is 0 Å². The highest BCUT2D eigenvalue weighted by Gasteiger charge is 1.84. The zero-order valence-corrected chi connectivity index (χ0v) is 8.70. The highest BCUT2D eigenvalue weighted by molar-refractivity contribution is 5.14. The van der Waals surface area contributed by atoms with E-state index < -0.39 is 0 Å². The van der Waals surface area contributed by atoms with Crippen LogP contribution in [0.25, 0.3) is 0 Å². The molecule has 2 nitrogen and oxygen atoms in total. The Bertz CT molecular complexity index is 194. The second-order valence-corrected chi connectivity index (χ2v) is 3.08. The van der Waals surface area contributed by atoms with Crippen molar-refractivity contribution >= 4 is 0 Å². The smallest absolute Gasteiger partial charge is 0.0121 e. The molecule has 0 unspecified atom stereocenters.